The van der Waals surface area contributed by atoms with Crippen molar-refractivity contribution in [3.05, 3.63) is 16.5 Å². The van der Waals surface area contributed by atoms with Gasteiger partial charge in [0.05, 0.1) is 6.54 Å². The highest BCUT2D eigenvalue weighted by Gasteiger charge is 2.14. The number of anilines is 1. The van der Waals surface area contributed by atoms with E-state index in [-0.39, 0.29) is 5.91 Å². The predicted molar refractivity (Wildman–Crippen MR) is 80.3 cm³/mol. The number of carbonyl (C=O) groups excluding carboxylic acids is 1. The third kappa shape index (κ3) is 4.78. The first-order chi connectivity index (χ1) is 8.97. The van der Waals surface area contributed by atoms with Crippen molar-refractivity contribution in [3.63, 3.8) is 0 Å². The van der Waals surface area contributed by atoms with Gasteiger partial charge in [0.15, 0.2) is 0 Å². The number of carbonyl (C=O) groups is 1. The molecule has 6 heteroatoms. The lowest BCUT2D eigenvalue weighted by Crippen LogP contribution is -2.37. The second-order valence-corrected chi connectivity index (χ2v) is 5.33. The molecular weight excluding hydrogens is 308 g/mol. The van der Waals surface area contributed by atoms with E-state index >= 15 is 0 Å². The van der Waals surface area contributed by atoms with Gasteiger partial charge < -0.3 is 9.80 Å². The molecule has 0 bridgehead atoms. The van der Waals surface area contributed by atoms with E-state index in [4.69, 9.17) is 0 Å². The van der Waals surface area contributed by atoms with Crippen LogP contribution in [0.3, 0.4) is 0 Å². The third-order valence-electron chi connectivity index (χ3n) is 2.73. The summed E-state index contributed by atoms with van der Waals surface area (Å²) in [5.74, 6) is 1.67. The molecule has 1 aromatic rings. The average Bonchev–Trinajstić information content (AvgIpc) is 2.35. The van der Waals surface area contributed by atoms with Crippen molar-refractivity contribution < 1.29 is 4.79 Å². The summed E-state index contributed by atoms with van der Waals surface area (Å²) >= 11 is 3.40. The first kappa shape index (κ1) is 15.9. The molecule has 0 N–H and O–H groups in total. The molecule has 0 saturated heterocycles. The van der Waals surface area contributed by atoms with E-state index in [0.717, 1.165) is 35.6 Å². The van der Waals surface area contributed by atoms with Crippen molar-refractivity contribution in [1.82, 2.24) is 14.9 Å². The molecule has 0 spiro atoms. The highest BCUT2D eigenvalue weighted by Crippen LogP contribution is 2.17. The fraction of sp³-hybridized carbons (Fsp3) is 0.615. The van der Waals surface area contributed by atoms with Gasteiger partial charge in [0.1, 0.15) is 16.2 Å². The van der Waals surface area contributed by atoms with Gasteiger partial charge in [0.25, 0.3) is 0 Å². The van der Waals surface area contributed by atoms with Gasteiger partial charge in [-0.05, 0) is 29.3 Å². The minimum atomic E-state index is 0.0635. The van der Waals surface area contributed by atoms with E-state index in [1.54, 1.807) is 19.0 Å². The molecule has 1 aromatic heterocycles. The largest absolute Gasteiger partial charge is 0.347 e. The second kappa shape index (κ2) is 7.43. The molecule has 0 aliphatic heterocycles. The summed E-state index contributed by atoms with van der Waals surface area (Å²) < 4.78 is 0.761. The summed E-state index contributed by atoms with van der Waals surface area (Å²) in [5.41, 5.74) is 0. The highest BCUT2D eigenvalue weighted by molar-refractivity contribution is 9.10. The van der Waals surface area contributed by atoms with Gasteiger partial charge in [-0.15, -0.1) is 0 Å². The molecular formula is C13H21BrN4O. The lowest BCUT2D eigenvalue weighted by molar-refractivity contribution is -0.127. The van der Waals surface area contributed by atoms with E-state index in [0.29, 0.717) is 6.54 Å². The average molecular weight is 329 g/mol. The summed E-state index contributed by atoms with van der Waals surface area (Å²) in [5, 5.41) is 0. The van der Waals surface area contributed by atoms with E-state index in [9.17, 15) is 4.79 Å². The number of hydrogen-bond donors (Lipinski definition) is 0. The Kier molecular flexibility index (Phi) is 6.21. The Labute approximate surface area is 123 Å². The van der Waals surface area contributed by atoms with Crippen LogP contribution in [0.5, 0.6) is 0 Å². The summed E-state index contributed by atoms with van der Waals surface area (Å²) in [6.45, 7) is 5.17. The van der Waals surface area contributed by atoms with Gasteiger partial charge in [-0.25, -0.2) is 9.97 Å². The molecule has 19 heavy (non-hydrogen) atoms. The van der Waals surface area contributed by atoms with Crippen molar-refractivity contribution in [2.75, 3.05) is 32.1 Å². The van der Waals surface area contributed by atoms with Crippen LogP contribution in [0.25, 0.3) is 0 Å². The Hall–Kier alpha value is -1.17. The number of rotatable bonds is 6. The summed E-state index contributed by atoms with van der Waals surface area (Å²) in [6, 6.07) is 1.85. The number of nitrogens with zero attached hydrogens (tertiary/aromatic N) is 4. The maximum atomic E-state index is 11.8. The smallest absolute Gasteiger partial charge is 0.241 e. The molecule has 0 aliphatic rings. The predicted octanol–water partition coefficient (Wildman–Crippen LogP) is 2.11. The number of hydrogen-bond acceptors (Lipinski definition) is 4. The van der Waals surface area contributed by atoms with Crippen LogP contribution < -0.4 is 4.90 Å². The van der Waals surface area contributed by atoms with Gasteiger partial charge in [-0.3, -0.25) is 4.79 Å². The van der Waals surface area contributed by atoms with Crippen LogP contribution in [-0.4, -0.2) is 48.0 Å². The van der Waals surface area contributed by atoms with Crippen LogP contribution in [0, 0.1) is 0 Å². The molecule has 0 radical (unpaired) electrons. The standard InChI is InChI=1S/C13H21BrN4O/c1-5-7-11-15-10(14)8-12(16-11)18(6-2)9-13(19)17(3)4/h8H,5-7,9H2,1-4H3. The van der Waals surface area contributed by atoms with Crippen molar-refractivity contribution >= 4 is 27.7 Å². The zero-order valence-electron chi connectivity index (χ0n) is 12.0. The number of halogens is 1. The first-order valence-electron chi connectivity index (χ1n) is 6.46. The fourth-order valence-electron chi connectivity index (χ4n) is 1.61. The lowest BCUT2D eigenvalue weighted by Gasteiger charge is -2.23. The summed E-state index contributed by atoms with van der Waals surface area (Å²) in [6.07, 6.45) is 1.84. The van der Waals surface area contributed by atoms with Crippen LogP contribution in [-0.2, 0) is 11.2 Å². The van der Waals surface area contributed by atoms with E-state index in [2.05, 4.69) is 32.8 Å². The molecule has 106 valence electrons. The second-order valence-electron chi connectivity index (χ2n) is 4.52. The number of aromatic nitrogens is 2. The third-order valence-corrected chi connectivity index (χ3v) is 3.14. The Bertz CT molecular complexity index is 437. The topological polar surface area (TPSA) is 49.3 Å². The van der Waals surface area contributed by atoms with Gasteiger partial charge in [-0.2, -0.15) is 0 Å². The molecule has 0 atom stereocenters. The molecule has 1 amide bonds. The summed E-state index contributed by atoms with van der Waals surface area (Å²) in [7, 11) is 3.52. The molecule has 0 aromatic carbocycles. The summed E-state index contributed by atoms with van der Waals surface area (Å²) in [4.78, 5) is 24.2. The maximum absolute atomic E-state index is 11.8. The molecule has 1 heterocycles. The molecule has 0 aliphatic carbocycles. The molecule has 0 fully saturated rings. The van der Waals surface area contributed by atoms with Gasteiger partial charge >= 0.3 is 0 Å². The molecule has 0 unspecified atom stereocenters. The Morgan fingerprint density at radius 2 is 2.00 bits per heavy atom. The number of likely N-dealkylation sites (N-methyl/N-ethyl adjacent to an activating group) is 2. The monoisotopic (exact) mass is 328 g/mol. The molecule has 1 rings (SSSR count). The van der Waals surface area contributed by atoms with Crippen LogP contribution in [0.4, 0.5) is 5.82 Å². The molecule has 5 nitrogen and oxygen atoms in total. The zero-order valence-corrected chi connectivity index (χ0v) is 13.6. The fourth-order valence-corrected chi connectivity index (χ4v) is 2.02. The van der Waals surface area contributed by atoms with Crippen molar-refractivity contribution in [2.24, 2.45) is 0 Å². The number of amides is 1. The molecule has 0 saturated carbocycles. The van der Waals surface area contributed by atoms with E-state index in [1.807, 2.05) is 17.9 Å². The van der Waals surface area contributed by atoms with Crippen molar-refractivity contribution in [1.29, 1.82) is 0 Å². The normalized spacial score (nSPS) is 10.4. The van der Waals surface area contributed by atoms with Crippen LogP contribution in [0.1, 0.15) is 26.1 Å². The van der Waals surface area contributed by atoms with E-state index in [1.165, 1.54) is 0 Å². The highest BCUT2D eigenvalue weighted by atomic mass is 79.9. The minimum Gasteiger partial charge on any atom is -0.347 e. The Morgan fingerprint density at radius 3 is 2.53 bits per heavy atom. The van der Waals surface area contributed by atoms with Gasteiger partial charge in [0, 0.05) is 33.1 Å². The van der Waals surface area contributed by atoms with Crippen LogP contribution >= 0.6 is 15.9 Å². The SMILES string of the molecule is CCCc1nc(Br)cc(N(CC)CC(=O)N(C)C)n1. The maximum Gasteiger partial charge on any atom is 0.241 e. The van der Waals surface area contributed by atoms with E-state index < -0.39 is 0 Å². The quantitative estimate of drug-likeness (QED) is 0.750. The first-order valence-corrected chi connectivity index (χ1v) is 7.25. The van der Waals surface area contributed by atoms with Gasteiger partial charge in [-0.1, -0.05) is 6.92 Å². The Balaban J connectivity index is 2.94. The zero-order chi connectivity index (χ0) is 14.4. The lowest BCUT2D eigenvalue weighted by atomic mass is 10.3. The van der Waals surface area contributed by atoms with Crippen molar-refractivity contribution in [2.45, 2.75) is 26.7 Å². The van der Waals surface area contributed by atoms with Crippen LogP contribution in [0.15, 0.2) is 10.7 Å². The van der Waals surface area contributed by atoms with Gasteiger partial charge in [0.2, 0.25) is 5.91 Å². The number of aryl methyl sites for hydroxylation is 1. The minimum absolute atomic E-state index is 0.0635. The Morgan fingerprint density at radius 1 is 1.32 bits per heavy atom. The van der Waals surface area contributed by atoms with Crippen LogP contribution in [0.2, 0.25) is 0 Å². The van der Waals surface area contributed by atoms with Crippen molar-refractivity contribution in [3.8, 4) is 0 Å².